The van der Waals surface area contributed by atoms with Gasteiger partial charge in [0.1, 0.15) is 11.6 Å². The normalized spacial score (nSPS) is 19.7. The number of nitrogens with one attached hydrogen (secondary N) is 2. The van der Waals surface area contributed by atoms with Crippen LogP contribution in [0.1, 0.15) is 50.8 Å². The third-order valence-corrected chi connectivity index (χ3v) is 4.47. The van der Waals surface area contributed by atoms with E-state index in [2.05, 4.69) is 22.1 Å². The van der Waals surface area contributed by atoms with Crippen LogP contribution in [0.25, 0.3) is 0 Å². The molecule has 0 unspecified atom stereocenters. The molecular formula is C16H26N4O. The van der Waals surface area contributed by atoms with Crippen LogP contribution < -0.4 is 15.8 Å². The van der Waals surface area contributed by atoms with Crippen LogP contribution in [0.5, 0.6) is 0 Å². The van der Waals surface area contributed by atoms with Crippen LogP contribution in [-0.4, -0.2) is 36.1 Å². The minimum absolute atomic E-state index is 0.00619. The molecule has 0 bridgehead atoms. The lowest BCUT2D eigenvalue weighted by atomic mass is 9.97. The number of anilines is 1. The molecule has 5 heteroatoms. The Labute approximate surface area is 126 Å². The topological polar surface area (TPSA) is 61.0 Å². The van der Waals surface area contributed by atoms with Crippen LogP contribution >= 0.6 is 0 Å². The molecule has 1 aliphatic heterocycles. The van der Waals surface area contributed by atoms with E-state index in [1.54, 1.807) is 6.07 Å². The zero-order valence-electron chi connectivity index (χ0n) is 12.9. The Morgan fingerprint density at radius 2 is 2.05 bits per heavy atom. The Kier molecular flexibility index (Phi) is 4.58. The molecule has 0 aromatic carbocycles. The van der Waals surface area contributed by atoms with Crippen molar-refractivity contribution in [3.8, 4) is 0 Å². The maximum Gasteiger partial charge on any atom is 0.252 e. The molecule has 2 N–H and O–H groups in total. The predicted molar refractivity (Wildman–Crippen MR) is 84.9 cm³/mol. The SMILES string of the molecule is CCCN(CC1CCNCC1)c1cc(=O)[nH]c(C2CC2)n1. The summed E-state index contributed by atoms with van der Waals surface area (Å²) in [5.41, 5.74) is -0.00619. The van der Waals surface area contributed by atoms with Gasteiger partial charge in [0.15, 0.2) is 0 Å². The average molecular weight is 290 g/mol. The number of rotatable bonds is 6. The van der Waals surface area contributed by atoms with Crippen LogP contribution in [-0.2, 0) is 0 Å². The van der Waals surface area contributed by atoms with Gasteiger partial charge in [0.25, 0.3) is 5.56 Å². The van der Waals surface area contributed by atoms with E-state index < -0.39 is 0 Å². The fourth-order valence-electron chi connectivity index (χ4n) is 3.12. The maximum atomic E-state index is 11.9. The van der Waals surface area contributed by atoms with E-state index in [4.69, 9.17) is 4.98 Å². The van der Waals surface area contributed by atoms with Crippen LogP contribution in [0.15, 0.2) is 10.9 Å². The number of aromatic nitrogens is 2. The van der Waals surface area contributed by atoms with Gasteiger partial charge in [0, 0.05) is 25.1 Å². The first-order valence-electron chi connectivity index (χ1n) is 8.33. The number of hydrogen-bond acceptors (Lipinski definition) is 4. The van der Waals surface area contributed by atoms with Gasteiger partial charge in [-0.25, -0.2) is 4.98 Å². The van der Waals surface area contributed by atoms with E-state index in [1.165, 1.54) is 12.8 Å². The van der Waals surface area contributed by atoms with Crippen LogP contribution in [0.3, 0.4) is 0 Å². The highest BCUT2D eigenvalue weighted by Gasteiger charge is 2.27. The zero-order valence-corrected chi connectivity index (χ0v) is 12.9. The minimum atomic E-state index is -0.00619. The Balaban J connectivity index is 1.77. The maximum absolute atomic E-state index is 11.9. The molecule has 0 radical (unpaired) electrons. The van der Waals surface area contributed by atoms with Crippen molar-refractivity contribution >= 4 is 5.82 Å². The third kappa shape index (κ3) is 3.84. The van der Waals surface area contributed by atoms with Crippen molar-refractivity contribution in [3.63, 3.8) is 0 Å². The summed E-state index contributed by atoms with van der Waals surface area (Å²) in [6, 6.07) is 1.67. The fourth-order valence-corrected chi connectivity index (χ4v) is 3.12. The van der Waals surface area contributed by atoms with Gasteiger partial charge in [-0.2, -0.15) is 0 Å². The van der Waals surface area contributed by atoms with Crippen molar-refractivity contribution in [3.05, 3.63) is 22.2 Å². The molecule has 1 aromatic heterocycles. The summed E-state index contributed by atoms with van der Waals surface area (Å²) in [6.45, 7) is 6.41. The molecule has 0 spiro atoms. The van der Waals surface area contributed by atoms with Gasteiger partial charge in [-0.05, 0) is 51.1 Å². The molecular weight excluding hydrogens is 264 g/mol. The summed E-state index contributed by atoms with van der Waals surface area (Å²) in [7, 11) is 0. The van der Waals surface area contributed by atoms with Crippen LogP contribution in [0, 0.1) is 5.92 Å². The van der Waals surface area contributed by atoms with Gasteiger partial charge in [-0.1, -0.05) is 6.92 Å². The van der Waals surface area contributed by atoms with Gasteiger partial charge >= 0.3 is 0 Å². The lowest BCUT2D eigenvalue weighted by molar-refractivity contribution is 0.372. The zero-order chi connectivity index (χ0) is 14.7. The van der Waals surface area contributed by atoms with E-state index in [0.29, 0.717) is 11.8 Å². The molecule has 116 valence electrons. The summed E-state index contributed by atoms with van der Waals surface area (Å²) in [5, 5.41) is 3.41. The summed E-state index contributed by atoms with van der Waals surface area (Å²) in [6.07, 6.45) is 5.85. The molecule has 2 aliphatic rings. The van der Waals surface area contributed by atoms with E-state index in [0.717, 1.165) is 57.1 Å². The van der Waals surface area contributed by atoms with Crippen molar-refractivity contribution in [2.24, 2.45) is 5.92 Å². The first-order valence-corrected chi connectivity index (χ1v) is 8.33. The number of H-pyrrole nitrogens is 1. The molecule has 0 amide bonds. The highest BCUT2D eigenvalue weighted by Crippen LogP contribution is 2.38. The minimum Gasteiger partial charge on any atom is -0.356 e. The lowest BCUT2D eigenvalue weighted by Gasteiger charge is -2.30. The largest absolute Gasteiger partial charge is 0.356 e. The van der Waals surface area contributed by atoms with Crippen molar-refractivity contribution in [1.29, 1.82) is 0 Å². The summed E-state index contributed by atoms with van der Waals surface area (Å²) in [5.74, 6) is 2.97. The van der Waals surface area contributed by atoms with Crippen LogP contribution in [0.2, 0.25) is 0 Å². The molecule has 2 heterocycles. The molecule has 2 fully saturated rings. The first kappa shape index (κ1) is 14.6. The summed E-state index contributed by atoms with van der Waals surface area (Å²) in [4.78, 5) is 21.9. The van der Waals surface area contributed by atoms with Crippen LogP contribution in [0.4, 0.5) is 5.82 Å². The summed E-state index contributed by atoms with van der Waals surface area (Å²) >= 11 is 0. The van der Waals surface area contributed by atoms with E-state index in [1.807, 2.05) is 0 Å². The highest BCUT2D eigenvalue weighted by atomic mass is 16.1. The van der Waals surface area contributed by atoms with Gasteiger partial charge < -0.3 is 15.2 Å². The quantitative estimate of drug-likeness (QED) is 0.839. The molecule has 0 atom stereocenters. The molecule has 5 nitrogen and oxygen atoms in total. The second-order valence-electron chi connectivity index (χ2n) is 6.40. The van der Waals surface area contributed by atoms with Gasteiger partial charge in [-0.15, -0.1) is 0 Å². The standard InChI is InChI=1S/C16H26N4O/c1-2-9-20(11-12-5-7-17-8-6-12)14-10-15(21)19-16(18-14)13-3-4-13/h10,12-13,17H,2-9,11H2,1H3,(H,18,19,21). The molecule has 3 rings (SSSR count). The number of piperidine rings is 1. The third-order valence-electron chi connectivity index (χ3n) is 4.47. The fraction of sp³-hybridized carbons (Fsp3) is 0.750. The van der Waals surface area contributed by atoms with Crippen molar-refractivity contribution in [1.82, 2.24) is 15.3 Å². The average Bonchev–Trinajstić information content (AvgIpc) is 3.32. The second kappa shape index (κ2) is 6.60. The highest BCUT2D eigenvalue weighted by molar-refractivity contribution is 5.38. The first-order chi connectivity index (χ1) is 10.3. The smallest absolute Gasteiger partial charge is 0.252 e. The number of nitrogens with zero attached hydrogens (tertiary/aromatic N) is 2. The second-order valence-corrected chi connectivity index (χ2v) is 6.40. The van der Waals surface area contributed by atoms with Crippen molar-refractivity contribution < 1.29 is 0 Å². The lowest BCUT2D eigenvalue weighted by Crippen LogP contribution is -2.37. The Morgan fingerprint density at radius 3 is 2.71 bits per heavy atom. The number of aromatic amines is 1. The Hall–Kier alpha value is -1.36. The molecule has 1 aliphatic carbocycles. The van der Waals surface area contributed by atoms with Gasteiger partial charge in [0.05, 0.1) is 0 Å². The summed E-state index contributed by atoms with van der Waals surface area (Å²) < 4.78 is 0. The van der Waals surface area contributed by atoms with E-state index >= 15 is 0 Å². The molecule has 1 saturated carbocycles. The monoisotopic (exact) mass is 290 g/mol. The molecule has 21 heavy (non-hydrogen) atoms. The van der Waals surface area contributed by atoms with Crippen molar-refractivity contribution in [2.45, 2.75) is 44.9 Å². The molecule has 1 saturated heterocycles. The predicted octanol–water partition coefficient (Wildman–Crippen LogP) is 1.86. The van der Waals surface area contributed by atoms with E-state index in [9.17, 15) is 4.79 Å². The molecule has 1 aromatic rings. The van der Waals surface area contributed by atoms with Gasteiger partial charge in [-0.3, -0.25) is 4.79 Å². The Morgan fingerprint density at radius 1 is 1.29 bits per heavy atom. The Bertz CT molecular complexity index is 517. The van der Waals surface area contributed by atoms with E-state index in [-0.39, 0.29) is 5.56 Å². The van der Waals surface area contributed by atoms with Crippen molar-refractivity contribution in [2.75, 3.05) is 31.1 Å². The van der Waals surface area contributed by atoms with Gasteiger partial charge in [0.2, 0.25) is 0 Å². The number of hydrogen-bond donors (Lipinski definition) is 2.